The summed E-state index contributed by atoms with van der Waals surface area (Å²) in [6.07, 6.45) is 1.68. The van der Waals surface area contributed by atoms with E-state index in [0.29, 0.717) is 6.54 Å². The molecule has 0 unspecified atom stereocenters. The molecule has 1 aromatic rings. The highest BCUT2D eigenvalue weighted by molar-refractivity contribution is 5.84. The number of hydrogen-bond acceptors (Lipinski definition) is 4. The van der Waals surface area contributed by atoms with Gasteiger partial charge in [0, 0.05) is 42.2 Å². The van der Waals surface area contributed by atoms with Gasteiger partial charge in [0.05, 0.1) is 6.54 Å². The Kier molecular flexibility index (Phi) is 5.36. The minimum absolute atomic E-state index is 0.253. The first kappa shape index (κ1) is 15.5. The quantitative estimate of drug-likeness (QED) is 0.775. The van der Waals surface area contributed by atoms with Gasteiger partial charge in [-0.2, -0.15) is 0 Å². The summed E-state index contributed by atoms with van der Waals surface area (Å²) in [4.78, 5) is 6.45. The van der Waals surface area contributed by atoms with Crippen LogP contribution in [-0.2, 0) is 0 Å². The molecule has 0 heterocycles. The number of rotatable bonds is 6. The van der Waals surface area contributed by atoms with Crippen LogP contribution in [0.1, 0.15) is 33.3 Å². The van der Waals surface area contributed by atoms with E-state index in [0.717, 1.165) is 24.3 Å². The second kappa shape index (κ2) is 6.57. The van der Waals surface area contributed by atoms with Gasteiger partial charge in [-0.05, 0) is 39.8 Å². The fraction of sp³-hybridized carbons (Fsp3) is 0.533. The standard InChI is InChI=1S/C15H25N3O/c1-5-18(6-2)13-8-7-12(14(19)9-13)10-17-11-15(3,4)16/h7-10,19H,5-6,11,16H2,1-4H3. The van der Waals surface area contributed by atoms with Crippen molar-refractivity contribution in [2.45, 2.75) is 33.2 Å². The molecular formula is C15H25N3O. The fourth-order valence-electron chi connectivity index (χ4n) is 1.81. The lowest BCUT2D eigenvalue weighted by molar-refractivity contribution is 0.474. The van der Waals surface area contributed by atoms with Crippen molar-refractivity contribution in [2.75, 3.05) is 24.5 Å². The molecule has 0 aliphatic rings. The Balaban J connectivity index is 2.83. The van der Waals surface area contributed by atoms with Crippen LogP contribution < -0.4 is 10.6 Å². The number of aromatic hydroxyl groups is 1. The smallest absolute Gasteiger partial charge is 0.126 e. The number of aliphatic imine (C=N–C) groups is 1. The lowest BCUT2D eigenvalue weighted by Gasteiger charge is -2.21. The van der Waals surface area contributed by atoms with Crippen LogP contribution in [-0.4, -0.2) is 36.5 Å². The normalized spacial score (nSPS) is 12.1. The first-order chi connectivity index (χ1) is 8.87. The largest absolute Gasteiger partial charge is 0.507 e. The third kappa shape index (κ3) is 4.91. The molecule has 4 nitrogen and oxygen atoms in total. The maximum atomic E-state index is 10.0. The Morgan fingerprint density at radius 3 is 2.42 bits per heavy atom. The molecular weight excluding hydrogens is 238 g/mol. The van der Waals surface area contributed by atoms with Gasteiger partial charge in [-0.3, -0.25) is 4.99 Å². The Morgan fingerprint density at radius 2 is 1.95 bits per heavy atom. The molecule has 4 heteroatoms. The lowest BCUT2D eigenvalue weighted by Crippen LogP contribution is -2.35. The molecule has 0 spiro atoms. The van der Waals surface area contributed by atoms with E-state index < -0.39 is 0 Å². The van der Waals surface area contributed by atoms with Crippen molar-refractivity contribution in [1.29, 1.82) is 0 Å². The molecule has 0 aromatic heterocycles. The van der Waals surface area contributed by atoms with E-state index >= 15 is 0 Å². The molecule has 0 aliphatic carbocycles. The minimum atomic E-state index is -0.326. The van der Waals surface area contributed by atoms with Gasteiger partial charge in [0.15, 0.2) is 0 Å². The number of benzene rings is 1. The summed E-state index contributed by atoms with van der Waals surface area (Å²) in [7, 11) is 0. The van der Waals surface area contributed by atoms with Crippen molar-refractivity contribution >= 4 is 11.9 Å². The number of nitrogens with zero attached hydrogens (tertiary/aromatic N) is 2. The fourth-order valence-corrected chi connectivity index (χ4v) is 1.81. The summed E-state index contributed by atoms with van der Waals surface area (Å²) in [5.74, 6) is 0.253. The van der Waals surface area contributed by atoms with E-state index in [2.05, 4.69) is 23.7 Å². The average molecular weight is 263 g/mol. The van der Waals surface area contributed by atoms with Gasteiger partial charge in [0.1, 0.15) is 5.75 Å². The van der Waals surface area contributed by atoms with Gasteiger partial charge in [0.2, 0.25) is 0 Å². The van der Waals surface area contributed by atoms with Crippen molar-refractivity contribution in [1.82, 2.24) is 0 Å². The highest BCUT2D eigenvalue weighted by Gasteiger charge is 2.09. The molecule has 0 fully saturated rings. The minimum Gasteiger partial charge on any atom is -0.507 e. The number of nitrogens with two attached hydrogens (primary N) is 1. The zero-order chi connectivity index (χ0) is 14.5. The SMILES string of the molecule is CCN(CC)c1ccc(C=NCC(C)(C)N)c(O)c1. The second-order valence-electron chi connectivity index (χ2n) is 5.37. The molecule has 0 bridgehead atoms. The second-order valence-corrected chi connectivity index (χ2v) is 5.37. The summed E-state index contributed by atoms with van der Waals surface area (Å²) in [5, 5.41) is 10.0. The van der Waals surface area contributed by atoms with Crippen molar-refractivity contribution < 1.29 is 5.11 Å². The zero-order valence-corrected chi connectivity index (χ0v) is 12.3. The predicted molar refractivity (Wildman–Crippen MR) is 82.4 cm³/mol. The maximum absolute atomic E-state index is 10.0. The van der Waals surface area contributed by atoms with E-state index in [4.69, 9.17) is 5.73 Å². The van der Waals surface area contributed by atoms with Gasteiger partial charge in [0.25, 0.3) is 0 Å². The van der Waals surface area contributed by atoms with Crippen LogP contribution in [0.5, 0.6) is 5.75 Å². The molecule has 0 atom stereocenters. The average Bonchev–Trinajstić information content (AvgIpc) is 2.32. The van der Waals surface area contributed by atoms with Gasteiger partial charge in [-0.25, -0.2) is 0 Å². The van der Waals surface area contributed by atoms with Crippen LogP contribution in [0, 0.1) is 0 Å². The number of hydrogen-bond donors (Lipinski definition) is 2. The van der Waals surface area contributed by atoms with Crippen molar-refractivity contribution in [3.05, 3.63) is 23.8 Å². The third-order valence-corrected chi connectivity index (χ3v) is 2.87. The van der Waals surface area contributed by atoms with E-state index in [1.807, 2.05) is 26.0 Å². The zero-order valence-electron chi connectivity index (χ0n) is 12.3. The Hall–Kier alpha value is -1.55. The van der Waals surface area contributed by atoms with Crippen molar-refractivity contribution in [2.24, 2.45) is 10.7 Å². The maximum Gasteiger partial charge on any atom is 0.126 e. The van der Waals surface area contributed by atoms with Crippen molar-refractivity contribution in [3.63, 3.8) is 0 Å². The molecule has 0 aliphatic heterocycles. The summed E-state index contributed by atoms with van der Waals surface area (Å²) in [6.45, 7) is 10.4. The van der Waals surface area contributed by atoms with Gasteiger partial charge in [-0.15, -0.1) is 0 Å². The van der Waals surface area contributed by atoms with Crippen LogP contribution >= 0.6 is 0 Å². The van der Waals surface area contributed by atoms with Crippen LogP contribution in [0.3, 0.4) is 0 Å². The molecule has 3 N–H and O–H groups in total. The summed E-state index contributed by atoms with van der Waals surface area (Å²) in [5.41, 5.74) is 7.28. The van der Waals surface area contributed by atoms with E-state index in [9.17, 15) is 5.11 Å². The summed E-state index contributed by atoms with van der Waals surface area (Å²) < 4.78 is 0. The van der Waals surface area contributed by atoms with Gasteiger partial charge < -0.3 is 15.7 Å². The van der Waals surface area contributed by atoms with Crippen LogP contribution in [0.25, 0.3) is 0 Å². The summed E-state index contributed by atoms with van der Waals surface area (Å²) >= 11 is 0. The number of anilines is 1. The van der Waals surface area contributed by atoms with Crippen LogP contribution in [0.2, 0.25) is 0 Å². The van der Waals surface area contributed by atoms with E-state index in [-0.39, 0.29) is 11.3 Å². The van der Waals surface area contributed by atoms with E-state index in [1.54, 1.807) is 12.3 Å². The van der Waals surface area contributed by atoms with Crippen LogP contribution in [0.4, 0.5) is 5.69 Å². The molecule has 19 heavy (non-hydrogen) atoms. The number of phenols is 1. The Morgan fingerprint density at radius 1 is 1.32 bits per heavy atom. The van der Waals surface area contributed by atoms with Gasteiger partial charge in [-0.1, -0.05) is 0 Å². The molecule has 0 radical (unpaired) electrons. The first-order valence-electron chi connectivity index (χ1n) is 6.74. The molecule has 1 rings (SSSR count). The lowest BCUT2D eigenvalue weighted by atomic mass is 10.1. The van der Waals surface area contributed by atoms with Gasteiger partial charge >= 0.3 is 0 Å². The Bertz CT molecular complexity index is 432. The molecule has 0 saturated carbocycles. The molecule has 0 amide bonds. The monoisotopic (exact) mass is 263 g/mol. The molecule has 106 valence electrons. The van der Waals surface area contributed by atoms with Crippen molar-refractivity contribution in [3.8, 4) is 5.75 Å². The Labute approximate surface area is 116 Å². The van der Waals surface area contributed by atoms with Crippen LogP contribution in [0.15, 0.2) is 23.2 Å². The summed E-state index contributed by atoms with van der Waals surface area (Å²) in [6, 6.07) is 5.67. The highest BCUT2D eigenvalue weighted by Crippen LogP contribution is 2.23. The first-order valence-corrected chi connectivity index (χ1v) is 6.74. The topological polar surface area (TPSA) is 61.8 Å². The third-order valence-electron chi connectivity index (χ3n) is 2.87. The molecule has 0 saturated heterocycles. The number of phenolic OH excluding ortho intramolecular Hbond substituents is 1. The highest BCUT2D eigenvalue weighted by atomic mass is 16.3. The molecule has 1 aromatic carbocycles. The predicted octanol–water partition coefficient (Wildman–Crippen LogP) is 2.39. The van der Waals surface area contributed by atoms with E-state index in [1.165, 1.54) is 0 Å².